The summed E-state index contributed by atoms with van der Waals surface area (Å²) in [5.74, 6) is 0.689. The summed E-state index contributed by atoms with van der Waals surface area (Å²) in [6.07, 6.45) is 0.796. The van der Waals surface area contributed by atoms with Crippen LogP contribution in [0.5, 0.6) is 0 Å². The Hall–Kier alpha value is -2.92. The molecular formula is C21H21N3O2. The lowest BCUT2D eigenvalue weighted by Crippen LogP contribution is -2.28. The fourth-order valence-corrected chi connectivity index (χ4v) is 3.24. The Morgan fingerprint density at radius 1 is 1.08 bits per heavy atom. The van der Waals surface area contributed by atoms with Crippen LogP contribution in [0, 0.1) is 0 Å². The summed E-state index contributed by atoms with van der Waals surface area (Å²) in [7, 11) is 0. The summed E-state index contributed by atoms with van der Waals surface area (Å²) in [4.78, 5) is 17.4. The minimum atomic E-state index is -0.141. The van der Waals surface area contributed by atoms with E-state index in [2.05, 4.69) is 27.0 Å². The largest absolute Gasteiger partial charge is 0.373 e. The molecule has 0 atom stereocenters. The highest BCUT2D eigenvalue weighted by Crippen LogP contribution is 2.25. The third-order valence-corrected chi connectivity index (χ3v) is 4.56. The molecule has 0 aliphatic carbocycles. The first-order valence-corrected chi connectivity index (χ1v) is 8.87. The maximum Gasteiger partial charge on any atom is 0.271 e. The average Bonchev–Trinajstić information content (AvgIpc) is 3.09. The number of carbonyl (C=O) groups excluding carboxylic acids is 1. The number of nitrogens with one attached hydrogen (secondary N) is 1. The lowest BCUT2D eigenvalue weighted by molar-refractivity contribution is 0.0817. The lowest BCUT2D eigenvalue weighted by atomic mass is 10.1. The number of aromatic nitrogens is 2. The lowest BCUT2D eigenvalue weighted by Gasteiger charge is -2.18. The van der Waals surface area contributed by atoms with Crippen LogP contribution in [0.25, 0.3) is 11.4 Å². The van der Waals surface area contributed by atoms with Crippen molar-refractivity contribution in [3.63, 3.8) is 0 Å². The number of hydrogen-bond acceptors (Lipinski definition) is 3. The van der Waals surface area contributed by atoms with Crippen molar-refractivity contribution in [2.45, 2.75) is 19.6 Å². The molecule has 1 aliphatic rings. The topological polar surface area (TPSA) is 56.2 Å². The van der Waals surface area contributed by atoms with E-state index in [-0.39, 0.29) is 5.91 Å². The fraction of sp³-hybridized carbons (Fsp3) is 0.238. The quantitative estimate of drug-likeness (QED) is 0.772. The number of rotatable bonds is 5. The molecule has 0 bridgehead atoms. The number of fused-ring (bicyclic) bond motifs is 1. The first-order chi connectivity index (χ1) is 12.8. The van der Waals surface area contributed by atoms with Gasteiger partial charge in [-0.15, -0.1) is 0 Å². The van der Waals surface area contributed by atoms with Crippen LogP contribution in [0.4, 0.5) is 0 Å². The van der Waals surface area contributed by atoms with E-state index in [4.69, 9.17) is 4.74 Å². The molecule has 4 rings (SSSR count). The van der Waals surface area contributed by atoms with Gasteiger partial charge in [-0.05, 0) is 12.0 Å². The van der Waals surface area contributed by atoms with Gasteiger partial charge >= 0.3 is 0 Å². The molecule has 2 aromatic carbocycles. The van der Waals surface area contributed by atoms with Crippen LogP contribution in [-0.2, 0) is 24.3 Å². The third kappa shape index (κ3) is 3.39. The molecule has 0 unspecified atom stereocenters. The zero-order valence-electron chi connectivity index (χ0n) is 14.5. The molecule has 0 spiro atoms. The van der Waals surface area contributed by atoms with Crippen molar-refractivity contribution < 1.29 is 9.53 Å². The highest BCUT2D eigenvalue weighted by Gasteiger charge is 2.25. The summed E-state index contributed by atoms with van der Waals surface area (Å²) < 4.78 is 7.67. The molecule has 132 valence electrons. The van der Waals surface area contributed by atoms with E-state index in [1.54, 1.807) is 0 Å². The Kier molecular flexibility index (Phi) is 4.80. The summed E-state index contributed by atoms with van der Waals surface area (Å²) in [6.45, 7) is 2.35. The van der Waals surface area contributed by atoms with E-state index in [9.17, 15) is 4.79 Å². The minimum Gasteiger partial charge on any atom is -0.373 e. The molecule has 1 aromatic heterocycles. The summed E-state index contributed by atoms with van der Waals surface area (Å²) in [6, 6.07) is 20.1. The molecule has 3 aromatic rings. The molecule has 0 radical (unpaired) electrons. The van der Waals surface area contributed by atoms with Crippen LogP contribution < -0.4 is 5.32 Å². The second-order valence-corrected chi connectivity index (χ2v) is 6.29. The van der Waals surface area contributed by atoms with Crippen molar-refractivity contribution in [2.75, 3.05) is 13.2 Å². The molecule has 0 saturated carbocycles. The number of benzene rings is 2. The van der Waals surface area contributed by atoms with Crippen LogP contribution >= 0.6 is 0 Å². The standard InChI is InChI=1S/C21H21N3O2/c25-21(22-12-11-16-7-3-1-4-8-16)19-18-15-26-14-13-24(18)20(23-19)17-9-5-2-6-10-17/h1-10H,11-15H2,(H,22,25). The van der Waals surface area contributed by atoms with Gasteiger partial charge in [0.25, 0.3) is 5.91 Å². The average molecular weight is 347 g/mol. The van der Waals surface area contributed by atoms with Gasteiger partial charge in [0, 0.05) is 18.7 Å². The molecular weight excluding hydrogens is 326 g/mol. The number of ether oxygens (including phenoxy) is 1. The van der Waals surface area contributed by atoms with Crippen molar-refractivity contribution in [3.8, 4) is 11.4 Å². The first-order valence-electron chi connectivity index (χ1n) is 8.87. The smallest absolute Gasteiger partial charge is 0.271 e. The third-order valence-electron chi connectivity index (χ3n) is 4.56. The van der Waals surface area contributed by atoms with Gasteiger partial charge in [-0.3, -0.25) is 4.79 Å². The van der Waals surface area contributed by atoms with Crippen molar-refractivity contribution in [1.29, 1.82) is 0 Å². The molecule has 5 nitrogen and oxygen atoms in total. The highest BCUT2D eigenvalue weighted by atomic mass is 16.5. The van der Waals surface area contributed by atoms with Crippen molar-refractivity contribution in [2.24, 2.45) is 0 Å². The van der Waals surface area contributed by atoms with Crippen LogP contribution in [-0.4, -0.2) is 28.6 Å². The maximum absolute atomic E-state index is 12.7. The predicted octanol–water partition coefficient (Wildman–Crippen LogP) is 3.05. The van der Waals surface area contributed by atoms with Crippen molar-refractivity contribution in [3.05, 3.63) is 77.6 Å². The van der Waals surface area contributed by atoms with Gasteiger partial charge < -0.3 is 14.6 Å². The second-order valence-electron chi connectivity index (χ2n) is 6.29. The molecule has 0 saturated heterocycles. The van der Waals surface area contributed by atoms with E-state index in [0.29, 0.717) is 32.0 Å². The molecule has 0 fully saturated rings. The van der Waals surface area contributed by atoms with Gasteiger partial charge in [0.15, 0.2) is 5.69 Å². The van der Waals surface area contributed by atoms with E-state index in [1.165, 1.54) is 5.56 Å². The van der Waals surface area contributed by atoms with Gasteiger partial charge in [0.1, 0.15) is 5.82 Å². The van der Waals surface area contributed by atoms with Gasteiger partial charge in [-0.2, -0.15) is 0 Å². The van der Waals surface area contributed by atoms with Gasteiger partial charge in [0.05, 0.1) is 18.9 Å². The van der Waals surface area contributed by atoms with Crippen LogP contribution in [0.2, 0.25) is 0 Å². The minimum absolute atomic E-state index is 0.141. The van der Waals surface area contributed by atoms with Crippen LogP contribution in [0.15, 0.2) is 60.7 Å². The normalized spacial score (nSPS) is 13.2. The Bertz CT molecular complexity index is 888. The van der Waals surface area contributed by atoms with E-state index >= 15 is 0 Å². The van der Waals surface area contributed by atoms with E-state index < -0.39 is 0 Å². The SMILES string of the molecule is O=C(NCCc1ccccc1)c1nc(-c2ccccc2)n2c1COCC2. The molecule has 1 amide bonds. The maximum atomic E-state index is 12.7. The zero-order chi connectivity index (χ0) is 17.8. The predicted molar refractivity (Wildman–Crippen MR) is 99.8 cm³/mol. The number of nitrogens with zero attached hydrogens (tertiary/aromatic N) is 2. The molecule has 2 heterocycles. The van der Waals surface area contributed by atoms with Crippen LogP contribution in [0.1, 0.15) is 21.7 Å². The highest BCUT2D eigenvalue weighted by molar-refractivity contribution is 5.94. The number of amides is 1. The monoisotopic (exact) mass is 347 g/mol. The second kappa shape index (κ2) is 7.54. The van der Waals surface area contributed by atoms with Gasteiger partial charge in [-0.1, -0.05) is 60.7 Å². The fourth-order valence-electron chi connectivity index (χ4n) is 3.24. The molecule has 1 aliphatic heterocycles. The molecule has 5 heteroatoms. The summed E-state index contributed by atoms with van der Waals surface area (Å²) in [5, 5.41) is 2.99. The zero-order valence-corrected chi connectivity index (χ0v) is 14.5. The van der Waals surface area contributed by atoms with Crippen molar-refractivity contribution in [1.82, 2.24) is 14.9 Å². The Labute approximate surface area is 152 Å². The Balaban J connectivity index is 1.54. The molecule has 26 heavy (non-hydrogen) atoms. The Morgan fingerprint density at radius 3 is 2.58 bits per heavy atom. The van der Waals surface area contributed by atoms with Gasteiger partial charge in [-0.25, -0.2) is 4.98 Å². The summed E-state index contributed by atoms with van der Waals surface area (Å²) >= 11 is 0. The van der Waals surface area contributed by atoms with E-state index in [0.717, 1.165) is 23.5 Å². The Morgan fingerprint density at radius 2 is 1.81 bits per heavy atom. The number of carbonyl (C=O) groups is 1. The van der Waals surface area contributed by atoms with Crippen LogP contribution in [0.3, 0.4) is 0 Å². The summed E-state index contributed by atoms with van der Waals surface area (Å²) in [5.41, 5.74) is 3.54. The number of hydrogen-bond donors (Lipinski definition) is 1. The van der Waals surface area contributed by atoms with Crippen molar-refractivity contribution >= 4 is 5.91 Å². The molecule has 1 N–H and O–H groups in total. The first kappa shape index (κ1) is 16.5. The number of imidazole rings is 1. The van der Waals surface area contributed by atoms with Gasteiger partial charge in [0.2, 0.25) is 0 Å². The van der Waals surface area contributed by atoms with E-state index in [1.807, 2.05) is 48.5 Å².